The first-order valence-electron chi connectivity index (χ1n) is 14.2. The summed E-state index contributed by atoms with van der Waals surface area (Å²) in [6, 6.07) is 14.9. The molecule has 0 aliphatic heterocycles. The number of para-hydroxylation sites is 1. The zero-order valence-electron chi connectivity index (χ0n) is 25.1. The van der Waals surface area contributed by atoms with Crippen molar-refractivity contribution < 1.29 is 37.0 Å². The summed E-state index contributed by atoms with van der Waals surface area (Å²) in [6.45, 7) is 6.51. The topological polar surface area (TPSA) is 117 Å². The number of anilines is 1. The quantitative estimate of drug-likeness (QED) is 0.140. The number of rotatable bonds is 14. The van der Waals surface area contributed by atoms with Crippen molar-refractivity contribution in [1.29, 1.82) is 0 Å². The molecule has 244 valence electrons. The molecule has 4 aromatic rings. The summed E-state index contributed by atoms with van der Waals surface area (Å²) < 4.78 is 58.3. The van der Waals surface area contributed by atoms with Crippen molar-refractivity contribution in [1.82, 2.24) is 20.1 Å². The lowest BCUT2D eigenvalue weighted by Gasteiger charge is -2.17. The minimum atomic E-state index is -4.60. The van der Waals surface area contributed by atoms with Crippen molar-refractivity contribution in [3.8, 4) is 22.9 Å². The Kier molecular flexibility index (Phi) is 11.8. The number of carbonyl (C=O) groups excluding carboxylic acids is 2. The van der Waals surface area contributed by atoms with Crippen LogP contribution in [0.5, 0.6) is 17.2 Å². The fourth-order valence-electron chi connectivity index (χ4n) is 4.24. The number of alkyl halides is 3. The van der Waals surface area contributed by atoms with Crippen LogP contribution in [-0.4, -0.2) is 52.2 Å². The Labute approximate surface area is 272 Å². The van der Waals surface area contributed by atoms with Gasteiger partial charge in [-0.25, -0.2) is 0 Å². The van der Waals surface area contributed by atoms with Gasteiger partial charge < -0.3 is 24.8 Å². The van der Waals surface area contributed by atoms with Crippen LogP contribution in [0.25, 0.3) is 5.69 Å². The molecule has 0 aliphatic carbocycles. The number of aromatic nitrogens is 3. The molecule has 0 radical (unpaired) electrons. The molecule has 46 heavy (non-hydrogen) atoms. The van der Waals surface area contributed by atoms with Crippen LogP contribution >= 0.6 is 23.4 Å². The Hall–Kier alpha value is -4.43. The monoisotopic (exact) mass is 677 g/mol. The van der Waals surface area contributed by atoms with E-state index in [0.717, 1.165) is 30.0 Å². The molecule has 2 amide bonds. The third kappa shape index (κ3) is 8.63. The largest absolute Gasteiger partial charge is 0.490 e. The molecule has 1 aromatic heterocycles. The van der Waals surface area contributed by atoms with Crippen molar-refractivity contribution in [3.05, 3.63) is 82.6 Å². The van der Waals surface area contributed by atoms with E-state index in [1.165, 1.54) is 0 Å². The summed E-state index contributed by atoms with van der Waals surface area (Å²) in [4.78, 5) is 26.0. The summed E-state index contributed by atoms with van der Waals surface area (Å²) in [6.07, 6.45) is -4.60. The Morgan fingerprint density at radius 2 is 1.57 bits per heavy atom. The molecule has 0 bridgehead atoms. The summed E-state index contributed by atoms with van der Waals surface area (Å²) in [7, 11) is 0. The maximum absolute atomic E-state index is 13.3. The lowest BCUT2D eigenvalue weighted by Crippen LogP contribution is -2.25. The van der Waals surface area contributed by atoms with Gasteiger partial charge in [0.05, 0.1) is 48.4 Å². The number of ether oxygens (including phenoxy) is 3. The summed E-state index contributed by atoms with van der Waals surface area (Å²) in [5, 5.41) is 14.0. The van der Waals surface area contributed by atoms with Gasteiger partial charge in [0.2, 0.25) is 11.7 Å². The van der Waals surface area contributed by atoms with Gasteiger partial charge in [0.1, 0.15) is 0 Å². The van der Waals surface area contributed by atoms with Crippen molar-refractivity contribution in [3.63, 3.8) is 0 Å². The molecule has 0 spiro atoms. The van der Waals surface area contributed by atoms with E-state index in [0.29, 0.717) is 53.7 Å². The number of nitrogens with one attached hydrogen (secondary N) is 2. The number of hydrogen-bond acceptors (Lipinski definition) is 8. The number of amides is 2. The van der Waals surface area contributed by atoms with E-state index in [1.54, 1.807) is 41.0 Å². The van der Waals surface area contributed by atoms with E-state index in [2.05, 4.69) is 20.8 Å². The predicted molar refractivity (Wildman–Crippen MR) is 168 cm³/mol. The maximum atomic E-state index is 13.3. The molecule has 0 saturated carbocycles. The average Bonchev–Trinajstić information content (AvgIpc) is 3.44. The van der Waals surface area contributed by atoms with Gasteiger partial charge in [-0.3, -0.25) is 14.2 Å². The fraction of sp³-hybridized carbons (Fsp3) is 0.290. The molecule has 1 heterocycles. The summed E-state index contributed by atoms with van der Waals surface area (Å²) in [5.74, 6) is 0.273. The smallest absolute Gasteiger partial charge is 0.416 e. The van der Waals surface area contributed by atoms with Gasteiger partial charge in [0.15, 0.2) is 22.5 Å². The average molecular weight is 678 g/mol. The van der Waals surface area contributed by atoms with Crippen LogP contribution < -0.4 is 24.8 Å². The number of halogens is 4. The Bertz CT molecular complexity index is 1640. The highest BCUT2D eigenvalue weighted by atomic mass is 35.5. The zero-order chi connectivity index (χ0) is 33.3. The molecular weight excluding hydrogens is 647 g/mol. The number of thioether (sulfide) groups is 1. The Balaban J connectivity index is 1.53. The number of benzene rings is 3. The van der Waals surface area contributed by atoms with Gasteiger partial charge in [0.25, 0.3) is 5.91 Å². The Morgan fingerprint density at radius 1 is 0.913 bits per heavy atom. The third-order valence-electron chi connectivity index (χ3n) is 6.19. The van der Waals surface area contributed by atoms with Crippen molar-refractivity contribution in [2.24, 2.45) is 0 Å². The molecule has 15 heteroatoms. The van der Waals surface area contributed by atoms with Gasteiger partial charge in [0, 0.05) is 11.3 Å². The highest BCUT2D eigenvalue weighted by Crippen LogP contribution is 2.39. The molecule has 0 atom stereocenters. The lowest BCUT2D eigenvalue weighted by molar-refractivity contribution is -0.137. The van der Waals surface area contributed by atoms with E-state index < -0.39 is 23.6 Å². The first-order valence-corrected chi connectivity index (χ1v) is 15.6. The molecule has 4 rings (SSSR count). The SMILES string of the molecule is CCOc1cc(C(=O)NCc2nnc(SCC(=O)Nc3cc(C(F)(F)F)ccc3Cl)n2-c2ccccc2)cc(OCC)c1OCC. The summed E-state index contributed by atoms with van der Waals surface area (Å²) in [5.41, 5.74) is -0.160. The lowest BCUT2D eigenvalue weighted by atomic mass is 10.1. The Morgan fingerprint density at radius 3 is 2.17 bits per heavy atom. The molecule has 2 N–H and O–H groups in total. The van der Waals surface area contributed by atoms with Crippen LogP contribution in [0.15, 0.2) is 65.8 Å². The van der Waals surface area contributed by atoms with Gasteiger partial charge in [-0.05, 0) is 63.2 Å². The molecule has 0 aliphatic rings. The summed E-state index contributed by atoms with van der Waals surface area (Å²) >= 11 is 7.03. The normalized spacial score (nSPS) is 11.2. The standard InChI is InChI=1S/C31H31ClF3N5O5S/c1-4-43-24-14-19(15-25(44-5-2)28(24)45-6-3)29(42)36-17-26-38-39-30(40(26)21-10-8-7-9-11-21)46-18-27(41)37-23-16-20(31(33,34)35)12-13-22(23)32/h7-16H,4-6,17-18H2,1-3H3,(H,36,42)(H,37,41). The van der Waals surface area contributed by atoms with Crippen LogP contribution in [0.4, 0.5) is 18.9 Å². The second-order valence-corrected chi connectivity index (χ2v) is 10.7. The van der Waals surface area contributed by atoms with E-state index in [4.69, 9.17) is 25.8 Å². The molecule has 0 unspecified atom stereocenters. The minimum absolute atomic E-state index is 0.0333. The zero-order valence-corrected chi connectivity index (χ0v) is 26.7. The number of nitrogens with zero attached hydrogens (tertiary/aromatic N) is 3. The van der Waals surface area contributed by atoms with Crippen molar-refractivity contribution >= 4 is 40.9 Å². The fourth-order valence-corrected chi connectivity index (χ4v) is 5.18. The van der Waals surface area contributed by atoms with E-state index >= 15 is 0 Å². The van der Waals surface area contributed by atoms with E-state index in [9.17, 15) is 22.8 Å². The minimum Gasteiger partial charge on any atom is -0.490 e. The van der Waals surface area contributed by atoms with Crippen LogP contribution in [0.1, 0.15) is 42.5 Å². The van der Waals surface area contributed by atoms with Gasteiger partial charge in [-0.15, -0.1) is 10.2 Å². The molecule has 0 fully saturated rings. The first kappa shape index (κ1) is 34.4. The second-order valence-electron chi connectivity index (χ2n) is 9.38. The highest BCUT2D eigenvalue weighted by Gasteiger charge is 2.31. The molecule has 3 aromatic carbocycles. The van der Waals surface area contributed by atoms with Crippen LogP contribution in [0.2, 0.25) is 5.02 Å². The van der Waals surface area contributed by atoms with Crippen LogP contribution in [0, 0.1) is 0 Å². The van der Waals surface area contributed by atoms with Crippen molar-refractivity contribution in [2.45, 2.75) is 38.6 Å². The number of carbonyl (C=O) groups is 2. The maximum Gasteiger partial charge on any atom is 0.416 e. The second kappa shape index (κ2) is 15.7. The van der Waals surface area contributed by atoms with Gasteiger partial charge in [-0.2, -0.15) is 13.2 Å². The van der Waals surface area contributed by atoms with Gasteiger partial charge >= 0.3 is 6.18 Å². The first-order chi connectivity index (χ1) is 22.0. The third-order valence-corrected chi connectivity index (χ3v) is 7.45. The molecule has 10 nitrogen and oxygen atoms in total. The van der Waals surface area contributed by atoms with Crippen LogP contribution in [-0.2, 0) is 17.5 Å². The van der Waals surface area contributed by atoms with Crippen molar-refractivity contribution in [2.75, 3.05) is 30.9 Å². The molecule has 0 saturated heterocycles. The number of hydrogen-bond donors (Lipinski definition) is 2. The highest BCUT2D eigenvalue weighted by molar-refractivity contribution is 7.99. The van der Waals surface area contributed by atoms with E-state index in [1.807, 2.05) is 26.8 Å². The van der Waals surface area contributed by atoms with E-state index in [-0.39, 0.29) is 28.6 Å². The molecular formula is C31H31ClF3N5O5S. The predicted octanol–water partition coefficient (Wildman–Crippen LogP) is 6.80. The van der Waals surface area contributed by atoms with Crippen LogP contribution in [0.3, 0.4) is 0 Å². The van der Waals surface area contributed by atoms with Gasteiger partial charge in [-0.1, -0.05) is 41.6 Å².